The lowest BCUT2D eigenvalue weighted by Gasteiger charge is -2.01. The molecule has 0 aromatic heterocycles. The van der Waals surface area contributed by atoms with E-state index in [4.69, 9.17) is 0 Å². The Hall–Kier alpha value is -0.560. The monoisotopic (exact) mass is 223 g/mol. The summed E-state index contributed by atoms with van der Waals surface area (Å²) in [4.78, 5) is 0. The maximum atomic E-state index is 3.40. The van der Waals surface area contributed by atoms with E-state index in [-0.39, 0.29) is 0 Å². The summed E-state index contributed by atoms with van der Waals surface area (Å²) in [6.45, 7) is 12.7. The molecule has 1 heteroatoms. The van der Waals surface area contributed by atoms with Gasteiger partial charge in [0.15, 0.2) is 0 Å². The van der Waals surface area contributed by atoms with E-state index in [2.05, 4.69) is 43.5 Å². The Morgan fingerprint density at radius 3 is 2.19 bits per heavy atom. The van der Waals surface area contributed by atoms with Crippen LogP contribution in [0.3, 0.4) is 0 Å². The molecule has 2 rings (SSSR count). The second kappa shape index (κ2) is 8.58. The summed E-state index contributed by atoms with van der Waals surface area (Å²) in [6, 6.07) is 0. The molecule has 0 amide bonds. The molecule has 1 heterocycles. The fourth-order valence-corrected chi connectivity index (χ4v) is 2.20. The summed E-state index contributed by atoms with van der Waals surface area (Å²) >= 11 is 0. The van der Waals surface area contributed by atoms with Gasteiger partial charge in [-0.25, -0.2) is 0 Å². The van der Waals surface area contributed by atoms with Crippen molar-refractivity contribution in [3.8, 4) is 0 Å². The molecule has 0 bridgehead atoms. The minimum atomic E-state index is 0.620. The number of fused-ring (bicyclic) bond motifs is 1. The van der Waals surface area contributed by atoms with Crippen LogP contribution < -0.4 is 5.32 Å². The van der Waals surface area contributed by atoms with Crippen LogP contribution in [-0.4, -0.2) is 13.1 Å². The Bertz CT molecular complexity index is 217. The third-order valence-electron chi connectivity index (χ3n) is 3.09. The average molecular weight is 223 g/mol. The summed E-state index contributed by atoms with van der Waals surface area (Å²) < 4.78 is 0. The van der Waals surface area contributed by atoms with Crippen LogP contribution in [0.2, 0.25) is 0 Å². The molecule has 2 atom stereocenters. The molecule has 0 aromatic rings. The molecule has 94 valence electrons. The van der Waals surface area contributed by atoms with E-state index in [1.165, 1.54) is 19.5 Å². The van der Waals surface area contributed by atoms with E-state index in [0.717, 1.165) is 12.3 Å². The van der Waals surface area contributed by atoms with Gasteiger partial charge in [0.1, 0.15) is 0 Å². The highest BCUT2D eigenvalue weighted by Gasteiger charge is 2.54. The molecule has 1 aliphatic carbocycles. The van der Waals surface area contributed by atoms with Crippen LogP contribution >= 0.6 is 0 Å². The van der Waals surface area contributed by atoms with Crippen molar-refractivity contribution in [1.82, 2.24) is 5.32 Å². The number of nitrogens with one attached hydrogen (secondary N) is 1. The molecule has 1 saturated carbocycles. The Morgan fingerprint density at radius 2 is 1.94 bits per heavy atom. The third-order valence-corrected chi connectivity index (χ3v) is 3.09. The maximum absolute atomic E-state index is 3.40. The van der Waals surface area contributed by atoms with Crippen molar-refractivity contribution in [3.63, 3.8) is 0 Å². The van der Waals surface area contributed by atoms with Crippen LogP contribution in [0.1, 0.15) is 47.5 Å². The molecule has 2 aliphatic rings. The summed E-state index contributed by atoms with van der Waals surface area (Å²) in [6.07, 6.45) is 11.3. The quantitative estimate of drug-likeness (QED) is 0.693. The van der Waals surface area contributed by atoms with Gasteiger partial charge in [-0.3, -0.25) is 0 Å². The van der Waals surface area contributed by atoms with Crippen LogP contribution in [0.4, 0.5) is 0 Å². The molecule has 1 N–H and O–H groups in total. The molecule has 0 spiro atoms. The van der Waals surface area contributed by atoms with Gasteiger partial charge in [-0.1, -0.05) is 45.1 Å². The summed E-state index contributed by atoms with van der Waals surface area (Å²) in [5, 5.41) is 3.40. The fourth-order valence-electron chi connectivity index (χ4n) is 2.20. The molecule has 16 heavy (non-hydrogen) atoms. The van der Waals surface area contributed by atoms with E-state index in [1.54, 1.807) is 0 Å². The molecule has 1 aliphatic heterocycles. The number of hydrogen-bond donors (Lipinski definition) is 1. The first-order valence-electron chi connectivity index (χ1n) is 6.74. The van der Waals surface area contributed by atoms with E-state index in [1.807, 2.05) is 20.8 Å². The SMILES string of the molecule is C/C=C/C12CNCC1C2.C/C=C\CC.CC. The highest BCUT2D eigenvalue weighted by molar-refractivity contribution is 5.19. The van der Waals surface area contributed by atoms with Gasteiger partial charge in [0.25, 0.3) is 0 Å². The van der Waals surface area contributed by atoms with E-state index >= 15 is 0 Å². The highest BCUT2D eigenvalue weighted by atomic mass is 15.0. The normalized spacial score (nSPS) is 30.4. The fraction of sp³-hybridized carbons (Fsp3) is 0.733. The summed E-state index contributed by atoms with van der Waals surface area (Å²) in [7, 11) is 0. The first-order chi connectivity index (χ1) is 7.79. The van der Waals surface area contributed by atoms with E-state index in [9.17, 15) is 0 Å². The number of rotatable bonds is 2. The average Bonchev–Trinajstić information content (AvgIpc) is 2.85. The van der Waals surface area contributed by atoms with E-state index in [0.29, 0.717) is 5.41 Å². The Kier molecular flexibility index (Phi) is 8.28. The molecular formula is C15H29N. The molecule has 0 radical (unpaired) electrons. The Labute approximate surface area is 102 Å². The van der Waals surface area contributed by atoms with E-state index < -0.39 is 0 Å². The minimum absolute atomic E-state index is 0.620. The van der Waals surface area contributed by atoms with Crippen molar-refractivity contribution in [2.45, 2.75) is 47.5 Å². The van der Waals surface area contributed by atoms with Gasteiger partial charge >= 0.3 is 0 Å². The molecule has 1 saturated heterocycles. The highest BCUT2D eigenvalue weighted by Crippen LogP contribution is 2.55. The number of hydrogen-bond acceptors (Lipinski definition) is 1. The van der Waals surface area contributed by atoms with Gasteiger partial charge in [-0.15, -0.1) is 0 Å². The van der Waals surface area contributed by atoms with Gasteiger partial charge < -0.3 is 5.32 Å². The van der Waals surface area contributed by atoms with Crippen LogP contribution in [-0.2, 0) is 0 Å². The predicted molar refractivity (Wildman–Crippen MR) is 74.7 cm³/mol. The van der Waals surface area contributed by atoms with Crippen LogP contribution in [0.5, 0.6) is 0 Å². The molecule has 2 fully saturated rings. The zero-order chi connectivity index (χ0) is 12.4. The van der Waals surface area contributed by atoms with Crippen LogP contribution in [0, 0.1) is 11.3 Å². The van der Waals surface area contributed by atoms with Gasteiger partial charge in [0.2, 0.25) is 0 Å². The van der Waals surface area contributed by atoms with Crippen molar-refractivity contribution >= 4 is 0 Å². The smallest absolute Gasteiger partial charge is 0.00505 e. The predicted octanol–water partition coefficient (Wildman–Crippen LogP) is 4.17. The summed E-state index contributed by atoms with van der Waals surface area (Å²) in [5.41, 5.74) is 0.620. The summed E-state index contributed by atoms with van der Waals surface area (Å²) in [5.74, 6) is 0.980. The van der Waals surface area contributed by atoms with Crippen LogP contribution in [0.25, 0.3) is 0 Å². The first kappa shape index (κ1) is 15.4. The second-order valence-electron chi connectivity index (χ2n) is 4.24. The topological polar surface area (TPSA) is 12.0 Å². The van der Waals surface area contributed by atoms with Crippen molar-refractivity contribution in [1.29, 1.82) is 0 Å². The lowest BCUT2D eigenvalue weighted by molar-refractivity contribution is 0.644. The largest absolute Gasteiger partial charge is 0.316 e. The Morgan fingerprint density at radius 1 is 1.25 bits per heavy atom. The third kappa shape index (κ3) is 4.52. The zero-order valence-electron chi connectivity index (χ0n) is 11.7. The number of allylic oxidation sites excluding steroid dienone is 3. The standard InChI is InChI=1S/C8H13N.C5H10.C2H6/c1-2-3-8-4-7(8)5-9-6-8;1-3-5-4-2;1-2/h2-3,7,9H,4-6H2,1H3;3,5H,4H2,1-2H3;1-2H3/b3-2+;5-3-;. The second-order valence-corrected chi connectivity index (χ2v) is 4.24. The van der Waals surface area contributed by atoms with Gasteiger partial charge in [-0.2, -0.15) is 0 Å². The molecule has 0 aromatic carbocycles. The van der Waals surface area contributed by atoms with Gasteiger partial charge in [0, 0.05) is 12.0 Å². The van der Waals surface area contributed by atoms with Crippen molar-refractivity contribution in [2.75, 3.05) is 13.1 Å². The molecule has 2 unspecified atom stereocenters. The molecular weight excluding hydrogens is 194 g/mol. The van der Waals surface area contributed by atoms with Crippen molar-refractivity contribution < 1.29 is 0 Å². The maximum Gasteiger partial charge on any atom is 0.00505 e. The first-order valence-corrected chi connectivity index (χ1v) is 6.74. The van der Waals surface area contributed by atoms with Gasteiger partial charge in [0.05, 0.1) is 0 Å². The van der Waals surface area contributed by atoms with Gasteiger partial charge in [-0.05, 0) is 39.2 Å². The Balaban J connectivity index is 0.000000280. The van der Waals surface area contributed by atoms with Crippen molar-refractivity contribution in [2.24, 2.45) is 11.3 Å². The zero-order valence-corrected chi connectivity index (χ0v) is 11.7. The lowest BCUT2D eigenvalue weighted by atomic mass is 10.1. The minimum Gasteiger partial charge on any atom is -0.316 e. The molecule has 1 nitrogen and oxygen atoms in total. The van der Waals surface area contributed by atoms with Crippen LogP contribution in [0.15, 0.2) is 24.3 Å². The lowest BCUT2D eigenvalue weighted by Crippen LogP contribution is -2.14. The van der Waals surface area contributed by atoms with Crippen molar-refractivity contribution in [3.05, 3.63) is 24.3 Å². The number of piperidine rings is 1.